The number of fused-ring (bicyclic) bond motifs is 1. The van der Waals surface area contributed by atoms with E-state index in [0.717, 1.165) is 30.5 Å². The molecule has 1 aliphatic carbocycles. The largest absolute Gasteiger partial charge is 0.302 e. The molecule has 0 fully saturated rings. The summed E-state index contributed by atoms with van der Waals surface area (Å²) in [5.41, 5.74) is 2.05. The Morgan fingerprint density at radius 1 is 1.31 bits per heavy atom. The monoisotopic (exact) mass is 393 g/mol. The molecule has 26 heavy (non-hydrogen) atoms. The van der Waals surface area contributed by atoms with E-state index < -0.39 is 10.0 Å². The van der Waals surface area contributed by atoms with E-state index in [9.17, 15) is 13.2 Å². The van der Waals surface area contributed by atoms with Crippen LogP contribution in [0.2, 0.25) is 0 Å². The van der Waals surface area contributed by atoms with Crippen LogP contribution in [0.3, 0.4) is 0 Å². The van der Waals surface area contributed by atoms with E-state index in [-0.39, 0.29) is 10.8 Å². The van der Waals surface area contributed by atoms with Crippen molar-refractivity contribution in [2.45, 2.75) is 43.9 Å². The van der Waals surface area contributed by atoms with Crippen molar-refractivity contribution in [3.8, 4) is 0 Å². The summed E-state index contributed by atoms with van der Waals surface area (Å²) in [6, 6.07) is 6.58. The molecule has 2 aromatic rings. The van der Waals surface area contributed by atoms with Gasteiger partial charge in [-0.1, -0.05) is 19.1 Å². The number of anilines is 1. The third kappa shape index (κ3) is 4.49. The van der Waals surface area contributed by atoms with Gasteiger partial charge in [-0.15, -0.1) is 11.3 Å². The van der Waals surface area contributed by atoms with Gasteiger partial charge < -0.3 is 5.32 Å². The Bertz CT molecular complexity index is 889. The summed E-state index contributed by atoms with van der Waals surface area (Å²) in [7, 11) is -2.05. The molecule has 0 radical (unpaired) electrons. The van der Waals surface area contributed by atoms with Gasteiger partial charge in [0, 0.05) is 11.3 Å². The summed E-state index contributed by atoms with van der Waals surface area (Å²) >= 11 is 1.58. The average molecular weight is 394 g/mol. The highest BCUT2D eigenvalue weighted by molar-refractivity contribution is 7.89. The standard InChI is InChI=1S/C18H23N3O3S2/c1-12-3-9-15-16(11-12)25-18(20-15)21-17(22)10-6-13-4-7-14(8-5-13)26(23,24)19-2/h4-5,7-8,12,19H,3,6,9-11H2,1-2H3,(H,20,21,22). The van der Waals surface area contributed by atoms with E-state index in [1.165, 1.54) is 11.9 Å². The predicted molar refractivity (Wildman–Crippen MR) is 103 cm³/mol. The van der Waals surface area contributed by atoms with E-state index in [4.69, 9.17) is 0 Å². The number of nitrogens with one attached hydrogen (secondary N) is 2. The summed E-state index contributed by atoms with van der Waals surface area (Å²) < 4.78 is 25.7. The molecule has 1 heterocycles. The number of nitrogens with zero attached hydrogens (tertiary/aromatic N) is 1. The first-order valence-electron chi connectivity index (χ1n) is 8.68. The Morgan fingerprint density at radius 2 is 2.04 bits per heavy atom. The summed E-state index contributed by atoms with van der Waals surface area (Å²) in [5.74, 6) is 0.609. The lowest BCUT2D eigenvalue weighted by molar-refractivity contribution is -0.116. The van der Waals surface area contributed by atoms with E-state index in [1.54, 1.807) is 35.6 Å². The molecule has 8 heteroatoms. The lowest BCUT2D eigenvalue weighted by Crippen LogP contribution is -2.18. The fourth-order valence-electron chi connectivity index (χ4n) is 2.99. The van der Waals surface area contributed by atoms with Gasteiger partial charge in [-0.25, -0.2) is 18.1 Å². The van der Waals surface area contributed by atoms with Crippen LogP contribution in [0.25, 0.3) is 0 Å². The van der Waals surface area contributed by atoms with Crippen LogP contribution in [-0.4, -0.2) is 26.4 Å². The van der Waals surface area contributed by atoms with E-state index in [2.05, 4.69) is 21.9 Å². The number of sulfonamides is 1. The molecule has 1 atom stereocenters. The molecule has 0 aliphatic heterocycles. The van der Waals surface area contributed by atoms with Crippen LogP contribution in [0.5, 0.6) is 0 Å². The van der Waals surface area contributed by atoms with Gasteiger partial charge in [0.1, 0.15) is 0 Å². The summed E-state index contributed by atoms with van der Waals surface area (Å²) in [4.78, 5) is 18.2. The number of amides is 1. The molecular weight excluding hydrogens is 370 g/mol. The lowest BCUT2D eigenvalue weighted by Gasteiger charge is -2.15. The first-order chi connectivity index (χ1) is 12.4. The van der Waals surface area contributed by atoms with Crippen molar-refractivity contribution in [2.24, 2.45) is 5.92 Å². The van der Waals surface area contributed by atoms with Crippen LogP contribution >= 0.6 is 11.3 Å². The van der Waals surface area contributed by atoms with Crippen LogP contribution in [0, 0.1) is 5.92 Å². The molecule has 1 aromatic heterocycles. The van der Waals surface area contributed by atoms with Gasteiger partial charge >= 0.3 is 0 Å². The van der Waals surface area contributed by atoms with Crippen molar-refractivity contribution in [1.82, 2.24) is 9.71 Å². The number of benzene rings is 1. The van der Waals surface area contributed by atoms with Crippen LogP contribution in [0.1, 0.15) is 35.9 Å². The summed E-state index contributed by atoms with van der Waals surface area (Å²) in [6.07, 6.45) is 4.07. The number of hydrogen-bond donors (Lipinski definition) is 2. The van der Waals surface area contributed by atoms with Crippen LogP contribution < -0.4 is 10.0 Å². The number of thiazole rings is 1. The Balaban J connectivity index is 1.54. The molecule has 2 N–H and O–H groups in total. The first-order valence-corrected chi connectivity index (χ1v) is 11.0. The second-order valence-electron chi connectivity index (χ2n) is 6.64. The van der Waals surface area contributed by atoms with Gasteiger partial charge in [-0.3, -0.25) is 4.79 Å². The predicted octanol–water partition coefficient (Wildman–Crippen LogP) is 2.75. The highest BCUT2D eigenvalue weighted by Gasteiger charge is 2.20. The van der Waals surface area contributed by atoms with Gasteiger partial charge in [0.25, 0.3) is 0 Å². The maximum Gasteiger partial charge on any atom is 0.240 e. The summed E-state index contributed by atoms with van der Waals surface area (Å²) in [6.45, 7) is 2.24. The van der Waals surface area contributed by atoms with Crippen LogP contribution in [0.4, 0.5) is 5.13 Å². The number of rotatable bonds is 6. The maximum absolute atomic E-state index is 12.2. The fraction of sp³-hybridized carbons (Fsp3) is 0.444. The molecule has 140 valence electrons. The molecule has 3 rings (SSSR count). The highest BCUT2D eigenvalue weighted by Crippen LogP contribution is 2.32. The van der Waals surface area contributed by atoms with Gasteiger partial charge in [-0.2, -0.15) is 0 Å². The topological polar surface area (TPSA) is 88.2 Å². The average Bonchev–Trinajstić information content (AvgIpc) is 3.01. The van der Waals surface area contributed by atoms with E-state index in [0.29, 0.717) is 23.9 Å². The quantitative estimate of drug-likeness (QED) is 0.790. The van der Waals surface area contributed by atoms with Crippen molar-refractivity contribution in [3.63, 3.8) is 0 Å². The second-order valence-corrected chi connectivity index (χ2v) is 9.61. The van der Waals surface area contributed by atoms with E-state index >= 15 is 0 Å². The minimum atomic E-state index is -3.43. The second kappa shape index (κ2) is 7.85. The zero-order valence-electron chi connectivity index (χ0n) is 14.9. The molecule has 1 amide bonds. The normalized spacial score (nSPS) is 16.9. The molecule has 1 aliphatic rings. The number of aryl methyl sites for hydroxylation is 2. The van der Waals surface area contributed by atoms with Crippen LogP contribution in [-0.2, 0) is 34.1 Å². The molecule has 1 unspecified atom stereocenters. The van der Waals surface area contributed by atoms with E-state index in [1.807, 2.05) is 0 Å². The summed E-state index contributed by atoms with van der Waals surface area (Å²) in [5, 5.41) is 3.58. The zero-order valence-corrected chi connectivity index (χ0v) is 16.5. The van der Waals surface area contributed by atoms with Gasteiger partial charge in [-0.05, 0) is 56.3 Å². The van der Waals surface area contributed by atoms with Crippen molar-refractivity contribution in [1.29, 1.82) is 0 Å². The molecule has 0 spiro atoms. The number of hydrogen-bond acceptors (Lipinski definition) is 5. The molecule has 1 aromatic carbocycles. The van der Waals surface area contributed by atoms with Gasteiger partial charge in [0.2, 0.25) is 15.9 Å². The minimum absolute atomic E-state index is 0.0731. The lowest BCUT2D eigenvalue weighted by atomic mass is 9.93. The third-order valence-corrected chi connectivity index (χ3v) is 7.04. The first kappa shape index (κ1) is 19.0. The number of carbonyl (C=O) groups excluding carboxylic acids is 1. The Hall–Kier alpha value is -1.77. The van der Waals surface area contributed by atoms with Crippen LogP contribution in [0.15, 0.2) is 29.2 Å². The van der Waals surface area contributed by atoms with Crippen molar-refractivity contribution >= 4 is 32.4 Å². The SMILES string of the molecule is CNS(=O)(=O)c1ccc(CCC(=O)Nc2nc3c(s2)CC(C)CC3)cc1. The molecule has 0 saturated heterocycles. The number of aromatic nitrogens is 1. The Labute approximate surface area is 158 Å². The molecule has 6 nitrogen and oxygen atoms in total. The zero-order chi connectivity index (χ0) is 18.7. The Morgan fingerprint density at radius 3 is 2.73 bits per heavy atom. The smallest absolute Gasteiger partial charge is 0.240 e. The molecular formula is C18H23N3O3S2. The number of carbonyl (C=O) groups is 1. The minimum Gasteiger partial charge on any atom is -0.302 e. The Kier molecular flexibility index (Phi) is 5.74. The van der Waals surface area contributed by atoms with Crippen molar-refractivity contribution in [2.75, 3.05) is 12.4 Å². The molecule has 0 saturated carbocycles. The highest BCUT2D eigenvalue weighted by atomic mass is 32.2. The van der Waals surface area contributed by atoms with Crippen molar-refractivity contribution < 1.29 is 13.2 Å². The fourth-order valence-corrected chi connectivity index (χ4v) is 4.90. The molecule has 0 bridgehead atoms. The maximum atomic E-state index is 12.2. The van der Waals surface area contributed by atoms with Gasteiger partial charge in [0.15, 0.2) is 5.13 Å². The third-order valence-electron chi connectivity index (χ3n) is 4.58. The van der Waals surface area contributed by atoms with Crippen molar-refractivity contribution in [3.05, 3.63) is 40.4 Å². The van der Waals surface area contributed by atoms with Gasteiger partial charge in [0.05, 0.1) is 10.6 Å².